The van der Waals surface area contributed by atoms with E-state index >= 15 is 0 Å². The number of imide groups is 1. The summed E-state index contributed by atoms with van der Waals surface area (Å²) in [6.07, 6.45) is 2.88. The van der Waals surface area contributed by atoms with Crippen LogP contribution in [-0.4, -0.2) is 53.4 Å². The third-order valence-corrected chi connectivity index (χ3v) is 7.59. The maximum atomic E-state index is 13.6. The summed E-state index contributed by atoms with van der Waals surface area (Å²) in [7, 11) is 1.52. The number of nitrogens with zero attached hydrogens (tertiary/aromatic N) is 2. The van der Waals surface area contributed by atoms with Crippen LogP contribution in [-0.2, 0) is 26.3 Å². The number of benzene rings is 2. The summed E-state index contributed by atoms with van der Waals surface area (Å²) in [6, 6.07) is 14.5. The number of fused-ring (bicyclic) bond motifs is 2. The third kappa shape index (κ3) is 3.98. The van der Waals surface area contributed by atoms with Gasteiger partial charge in [-0.2, -0.15) is 0 Å². The van der Waals surface area contributed by atoms with Gasteiger partial charge in [0.1, 0.15) is 6.54 Å². The van der Waals surface area contributed by atoms with Crippen LogP contribution in [0.5, 0.6) is 0 Å². The normalized spacial score (nSPS) is 21.6. The minimum absolute atomic E-state index is 0.0915. The molecule has 1 spiro atoms. The molecule has 5 amide bonds. The van der Waals surface area contributed by atoms with Gasteiger partial charge in [0.15, 0.2) is 0 Å². The van der Waals surface area contributed by atoms with Crippen LogP contribution in [0.3, 0.4) is 0 Å². The number of carbonyl (C=O) groups excluding carboxylic acids is 4. The van der Waals surface area contributed by atoms with Crippen LogP contribution in [0.1, 0.15) is 55.3 Å². The van der Waals surface area contributed by atoms with Crippen LogP contribution in [0.2, 0.25) is 0 Å². The van der Waals surface area contributed by atoms with Crippen molar-refractivity contribution in [2.75, 3.05) is 18.9 Å². The van der Waals surface area contributed by atoms with Crippen LogP contribution in [0.25, 0.3) is 0 Å². The molecule has 188 valence electrons. The van der Waals surface area contributed by atoms with Crippen LogP contribution in [0, 0.1) is 0 Å². The van der Waals surface area contributed by atoms with E-state index < -0.39 is 17.6 Å². The van der Waals surface area contributed by atoms with Crippen molar-refractivity contribution in [3.05, 3.63) is 65.2 Å². The zero-order valence-corrected chi connectivity index (χ0v) is 20.5. The standard InChI is InChI=1S/C27H30N4O5/c1-17(18-7-4-3-5-8-18)31(21-9-6-10-21)23(32)16-30-24(33)27(36-26(30)35)14-13-19-15-20(11-12-22(19)27)29-25(34)28-2/h3-5,7-8,11-12,15,17,21H,6,9-10,13-14,16H2,1-2H3,(H2,28,29,34)/t17?,27-/m1/s1. The van der Waals surface area contributed by atoms with E-state index in [2.05, 4.69) is 10.6 Å². The minimum Gasteiger partial charge on any atom is -0.427 e. The Labute approximate surface area is 209 Å². The Morgan fingerprint density at radius 3 is 2.58 bits per heavy atom. The highest BCUT2D eigenvalue weighted by atomic mass is 16.6. The fourth-order valence-corrected chi connectivity index (χ4v) is 5.43. The van der Waals surface area contributed by atoms with Gasteiger partial charge in [-0.1, -0.05) is 36.4 Å². The van der Waals surface area contributed by atoms with E-state index in [4.69, 9.17) is 4.74 Å². The highest BCUT2D eigenvalue weighted by molar-refractivity contribution is 6.06. The first-order chi connectivity index (χ1) is 17.3. The molecule has 2 aliphatic carbocycles. The Hall–Kier alpha value is -3.88. The average Bonchev–Trinajstić information content (AvgIpc) is 3.33. The molecule has 1 saturated heterocycles. The number of carbonyl (C=O) groups is 4. The van der Waals surface area contributed by atoms with E-state index in [1.54, 1.807) is 18.2 Å². The van der Waals surface area contributed by atoms with Crippen LogP contribution >= 0.6 is 0 Å². The third-order valence-electron chi connectivity index (χ3n) is 7.59. The lowest BCUT2D eigenvalue weighted by Crippen LogP contribution is -2.50. The van der Waals surface area contributed by atoms with Gasteiger partial charge in [0.05, 0.1) is 6.04 Å². The number of hydrogen-bond acceptors (Lipinski definition) is 5. The van der Waals surface area contributed by atoms with E-state index in [0.29, 0.717) is 24.1 Å². The van der Waals surface area contributed by atoms with Crippen molar-refractivity contribution in [3.63, 3.8) is 0 Å². The molecule has 1 unspecified atom stereocenters. The number of hydrogen-bond donors (Lipinski definition) is 2. The molecular weight excluding hydrogens is 460 g/mol. The second-order valence-corrected chi connectivity index (χ2v) is 9.63. The first kappa shape index (κ1) is 23.8. The van der Waals surface area contributed by atoms with Crippen molar-refractivity contribution >= 4 is 29.6 Å². The molecule has 5 rings (SSSR count). The second kappa shape index (κ2) is 9.29. The van der Waals surface area contributed by atoms with Crippen molar-refractivity contribution in [3.8, 4) is 0 Å². The molecule has 1 aliphatic heterocycles. The van der Waals surface area contributed by atoms with Gasteiger partial charge in [0.25, 0.3) is 5.91 Å². The lowest BCUT2D eigenvalue weighted by atomic mass is 9.89. The summed E-state index contributed by atoms with van der Waals surface area (Å²) in [5.74, 6) is -0.769. The molecule has 3 aliphatic rings. The fraction of sp³-hybridized carbons (Fsp3) is 0.407. The van der Waals surface area contributed by atoms with Crippen molar-refractivity contribution in [2.24, 2.45) is 0 Å². The number of anilines is 1. The molecule has 36 heavy (non-hydrogen) atoms. The molecule has 9 heteroatoms. The quantitative estimate of drug-likeness (QED) is 0.642. The SMILES string of the molecule is CNC(=O)Nc1ccc2c(c1)CC[C@@]21OC(=O)N(CC(=O)N(C2CCC2)C(C)c2ccccc2)C1=O. The van der Waals surface area contributed by atoms with E-state index in [1.165, 1.54) is 7.05 Å². The highest BCUT2D eigenvalue weighted by Crippen LogP contribution is 2.46. The summed E-state index contributed by atoms with van der Waals surface area (Å²) in [6.45, 7) is 1.63. The molecule has 1 saturated carbocycles. The Morgan fingerprint density at radius 2 is 1.92 bits per heavy atom. The predicted octanol–water partition coefficient (Wildman–Crippen LogP) is 3.70. The summed E-state index contributed by atoms with van der Waals surface area (Å²) < 4.78 is 5.70. The number of rotatable bonds is 6. The minimum atomic E-state index is -1.43. The summed E-state index contributed by atoms with van der Waals surface area (Å²) in [4.78, 5) is 54.5. The van der Waals surface area contributed by atoms with Gasteiger partial charge >= 0.3 is 12.1 Å². The summed E-state index contributed by atoms with van der Waals surface area (Å²) in [5, 5.41) is 5.20. The topological polar surface area (TPSA) is 108 Å². The molecule has 0 radical (unpaired) electrons. The first-order valence-corrected chi connectivity index (χ1v) is 12.4. The van der Waals surface area contributed by atoms with Gasteiger partial charge in [-0.15, -0.1) is 0 Å². The van der Waals surface area contributed by atoms with E-state index in [1.807, 2.05) is 42.2 Å². The maximum absolute atomic E-state index is 13.6. The van der Waals surface area contributed by atoms with Gasteiger partial charge in [0, 0.05) is 30.8 Å². The van der Waals surface area contributed by atoms with Gasteiger partial charge in [-0.3, -0.25) is 9.59 Å². The Kier molecular flexibility index (Phi) is 6.15. The zero-order chi connectivity index (χ0) is 25.4. The average molecular weight is 491 g/mol. The number of ether oxygens (including phenoxy) is 1. The molecule has 9 nitrogen and oxygen atoms in total. The molecule has 0 bridgehead atoms. The molecule has 2 atom stereocenters. The Bertz CT molecular complexity index is 1210. The molecule has 2 fully saturated rings. The monoisotopic (exact) mass is 490 g/mol. The number of aryl methyl sites for hydroxylation is 1. The molecule has 2 aromatic carbocycles. The van der Waals surface area contributed by atoms with Crippen molar-refractivity contribution in [1.29, 1.82) is 0 Å². The van der Waals surface area contributed by atoms with E-state index in [9.17, 15) is 19.2 Å². The number of urea groups is 1. The van der Waals surface area contributed by atoms with Gasteiger partial charge in [0.2, 0.25) is 11.5 Å². The number of nitrogens with one attached hydrogen (secondary N) is 2. The Balaban J connectivity index is 1.36. The van der Waals surface area contributed by atoms with E-state index in [-0.39, 0.29) is 30.6 Å². The molecule has 2 aromatic rings. The van der Waals surface area contributed by atoms with Crippen molar-refractivity contribution in [1.82, 2.24) is 15.1 Å². The maximum Gasteiger partial charge on any atom is 0.418 e. The van der Waals surface area contributed by atoms with Crippen LogP contribution in [0.4, 0.5) is 15.3 Å². The first-order valence-electron chi connectivity index (χ1n) is 12.4. The van der Waals surface area contributed by atoms with Crippen molar-refractivity contribution in [2.45, 2.75) is 56.7 Å². The summed E-state index contributed by atoms with van der Waals surface area (Å²) >= 11 is 0. The molecule has 1 heterocycles. The molecule has 2 N–H and O–H groups in total. The highest BCUT2D eigenvalue weighted by Gasteiger charge is 2.58. The largest absolute Gasteiger partial charge is 0.427 e. The molecule has 0 aromatic heterocycles. The van der Waals surface area contributed by atoms with Gasteiger partial charge < -0.3 is 20.3 Å². The van der Waals surface area contributed by atoms with E-state index in [0.717, 1.165) is 35.3 Å². The zero-order valence-electron chi connectivity index (χ0n) is 20.5. The summed E-state index contributed by atoms with van der Waals surface area (Å²) in [5.41, 5.74) is 1.60. The van der Waals surface area contributed by atoms with Crippen molar-refractivity contribution < 1.29 is 23.9 Å². The lowest BCUT2D eigenvalue weighted by Gasteiger charge is -2.42. The van der Waals surface area contributed by atoms with Crippen LogP contribution < -0.4 is 10.6 Å². The lowest BCUT2D eigenvalue weighted by molar-refractivity contribution is -0.145. The fourth-order valence-electron chi connectivity index (χ4n) is 5.43. The second-order valence-electron chi connectivity index (χ2n) is 9.63. The van der Waals surface area contributed by atoms with Gasteiger partial charge in [-0.25, -0.2) is 14.5 Å². The predicted molar refractivity (Wildman–Crippen MR) is 132 cm³/mol. The van der Waals surface area contributed by atoms with Gasteiger partial charge in [-0.05, 0) is 55.9 Å². The number of amides is 5. The Morgan fingerprint density at radius 1 is 1.17 bits per heavy atom. The van der Waals surface area contributed by atoms with Crippen LogP contribution in [0.15, 0.2) is 48.5 Å². The smallest absolute Gasteiger partial charge is 0.418 e. The molecular formula is C27H30N4O5.